The van der Waals surface area contributed by atoms with Crippen LogP contribution in [0.4, 0.5) is 0 Å². The van der Waals surface area contributed by atoms with Crippen molar-refractivity contribution in [3.8, 4) is 17.2 Å². The van der Waals surface area contributed by atoms with E-state index in [4.69, 9.17) is 14.2 Å². The minimum absolute atomic E-state index is 0. The number of nitrogens with zero attached hydrogens (tertiary/aromatic N) is 1. The third-order valence-corrected chi connectivity index (χ3v) is 3.98. The summed E-state index contributed by atoms with van der Waals surface area (Å²) in [5.41, 5.74) is 1.01. The van der Waals surface area contributed by atoms with Crippen LogP contribution in [-0.4, -0.2) is 58.9 Å². The van der Waals surface area contributed by atoms with Crippen LogP contribution in [0.25, 0.3) is 0 Å². The lowest BCUT2D eigenvalue weighted by Crippen LogP contribution is -2.38. The quantitative estimate of drug-likeness (QED) is 0.231. The Balaban J connectivity index is 0.00000576. The molecule has 8 heteroatoms. The molecule has 6 nitrogen and oxygen atoms in total. The van der Waals surface area contributed by atoms with E-state index in [1.165, 1.54) is 0 Å². The SMILES string of the molecule is CCNC(=NCCSC)NCCc1c(OC)cc(OC)cc1OC.I. The van der Waals surface area contributed by atoms with Gasteiger partial charge in [0.15, 0.2) is 5.96 Å². The second-order valence-electron chi connectivity index (χ2n) is 4.94. The van der Waals surface area contributed by atoms with Crippen molar-refractivity contribution in [1.82, 2.24) is 10.6 Å². The molecule has 0 saturated carbocycles. The number of rotatable bonds is 10. The molecule has 0 atom stereocenters. The van der Waals surface area contributed by atoms with Crippen molar-refractivity contribution in [3.63, 3.8) is 0 Å². The lowest BCUT2D eigenvalue weighted by atomic mass is 10.1. The highest BCUT2D eigenvalue weighted by Crippen LogP contribution is 2.34. The van der Waals surface area contributed by atoms with E-state index in [0.717, 1.165) is 54.8 Å². The number of nitrogens with one attached hydrogen (secondary N) is 2. The summed E-state index contributed by atoms with van der Waals surface area (Å²) in [6, 6.07) is 3.74. The number of hydrogen-bond acceptors (Lipinski definition) is 5. The summed E-state index contributed by atoms with van der Waals surface area (Å²) in [7, 11) is 4.93. The molecule has 25 heavy (non-hydrogen) atoms. The molecule has 1 rings (SSSR count). The number of thioether (sulfide) groups is 1. The first-order valence-electron chi connectivity index (χ1n) is 8.00. The van der Waals surface area contributed by atoms with Gasteiger partial charge in [0.2, 0.25) is 0 Å². The second-order valence-corrected chi connectivity index (χ2v) is 5.93. The summed E-state index contributed by atoms with van der Waals surface area (Å²) < 4.78 is 16.2. The van der Waals surface area contributed by atoms with E-state index >= 15 is 0 Å². The summed E-state index contributed by atoms with van der Waals surface area (Å²) in [5.74, 6) is 4.08. The van der Waals surface area contributed by atoms with Crippen LogP contribution >= 0.6 is 35.7 Å². The number of halogens is 1. The van der Waals surface area contributed by atoms with E-state index in [1.807, 2.05) is 12.1 Å². The smallest absolute Gasteiger partial charge is 0.191 e. The zero-order chi connectivity index (χ0) is 17.8. The number of methoxy groups -OCH3 is 3. The first-order valence-corrected chi connectivity index (χ1v) is 9.39. The van der Waals surface area contributed by atoms with Crippen molar-refractivity contribution in [3.05, 3.63) is 17.7 Å². The molecule has 2 N–H and O–H groups in total. The van der Waals surface area contributed by atoms with E-state index in [0.29, 0.717) is 5.75 Å². The van der Waals surface area contributed by atoms with Gasteiger partial charge in [-0.2, -0.15) is 11.8 Å². The Kier molecular flexibility index (Phi) is 13.6. The van der Waals surface area contributed by atoms with Crippen molar-refractivity contribution in [1.29, 1.82) is 0 Å². The monoisotopic (exact) mass is 483 g/mol. The Morgan fingerprint density at radius 3 is 2.20 bits per heavy atom. The van der Waals surface area contributed by atoms with E-state index < -0.39 is 0 Å². The van der Waals surface area contributed by atoms with Gasteiger partial charge in [0.1, 0.15) is 17.2 Å². The van der Waals surface area contributed by atoms with Crippen molar-refractivity contribution in [2.75, 3.05) is 53.0 Å². The Labute approximate surface area is 172 Å². The molecule has 0 fully saturated rings. The molecule has 0 unspecified atom stereocenters. The summed E-state index contributed by atoms with van der Waals surface area (Å²) in [4.78, 5) is 4.54. The van der Waals surface area contributed by atoms with Crippen LogP contribution in [0.5, 0.6) is 17.2 Å². The number of ether oxygens (including phenoxy) is 3. The molecule has 0 saturated heterocycles. The van der Waals surface area contributed by atoms with Crippen LogP contribution in [0.1, 0.15) is 12.5 Å². The predicted molar refractivity (Wildman–Crippen MR) is 118 cm³/mol. The first-order chi connectivity index (χ1) is 11.7. The van der Waals surface area contributed by atoms with Gasteiger partial charge in [-0.1, -0.05) is 0 Å². The molecule has 0 aliphatic rings. The molecule has 1 aromatic carbocycles. The van der Waals surface area contributed by atoms with Crippen molar-refractivity contribution in [2.24, 2.45) is 4.99 Å². The third-order valence-electron chi connectivity index (χ3n) is 3.39. The fraction of sp³-hybridized carbons (Fsp3) is 0.588. The molecular weight excluding hydrogens is 453 g/mol. The highest BCUT2D eigenvalue weighted by molar-refractivity contribution is 14.0. The van der Waals surface area contributed by atoms with Crippen LogP contribution in [-0.2, 0) is 6.42 Å². The minimum Gasteiger partial charge on any atom is -0.496 e. The minimum atomic E-state index is 0. The van der Waals surface area contributed by atoms with E-state index in [9.17, 15) is 0 Å². The molecule has 0 aliphatic heterocycles. The highest BCUT2D eigenvalue weighted by Gasteiger charge is 2.13. The topological polar surface area (TPSA) is 64.1 Å². The van der Waals surface area contributed by atoms with Crippen LogP contribution in [0.15, 0.2) is 17.1 Å². The molecule has 144 valence electrons. The average molecular weight is 483 g/mol. The van der Waals surface area contributed by atoms with Gasteiger partial charge in [0.05, 0.1) is 27.9 Å². The van der Waals surface area contributed by atoms with Crippen molar-refractivity contribution >= 4 is 41.7 Å². The summed E-state index contributed by atoms with van der Waals surface area (Å²) in [6.07, 6.45) is 2.83. The van der Waals surface area contributed by atoms with Crippen LogP contribution < -0.4 is 24.8 Å². The summed E-state index contributed by atoms with van der Waals surface area (Å²) >= 11 is 1.79. The van der Waals surface area contributed by atoms with Crippen LogP contribution in [0.3, 0.4) is 0 Å². The molecule has 1 aromatic rings. The van der Waals surface area contributed by atoms with Crippen LogP contribution in [0.2, 0.25) is 0 Å². The maximum absolute atomic E-state index is 5.48. The Morgan fingerprint density at radius 1 is 1.08 bits per heavy atom. The van der Waals surface area contributed by atoms with E-state index in [2.05, 4.69) is 28.8 Å². The largest absolute Gasteiger partial charge is 0.496 e. The van der Waals surface area contributed by atoms with Gasteiger partial charge in [-0.25, -0.2) is 0 Å². The number of aliphatic imine (C=N–C) groups is 1. The fourth-order valence-electron chi connectivity index (χ4n) is 2.22. The standard InChI is InChI=1S/C17H29N3O3S.HI/c1-6-18-17(20-9-10-24-5)19-8-7-14-15(22-3)11-13(21-2)12-16(14)23-4;/h11-12H,6-10H2,1-5H3,(H2,18,19,20);1H. The van der Waals surface area contributed by atoms with Crippen molar-refractivity contribution < 1.29 is 14.2 Å². The van der Waals surface area contributed by atoms with Gasteiger partial charge >= 0.3 is 0 Å². The summed E-state index contributed by atoms with van der Waals surface area (Å²) in [5, 5.41) is 6.60. The lowest BCUT2D eigenvalue weighted by molar-refractivity contribution is 0.368. The number of hydrogen-bond donors (Lipinski definition) is 2. The number of guanidine groups is 1. The maximum Gasteiger partial charge on any atom is 0.191 e. The van der Waals surface area contributed by atoms with Gasteiger partial charge in [0.25, 0.3) is 0 Å². The molecular formula is C17H30IN3O3S. The predicted octanol–water partition coefficient (Wildman–Crippen LogP) is 2.79. The highest BCUT2D eigenvalue weighted by atomic mass is 127. The van der Waals surface area contributed by atoms with Gasteiger partial charge in [0, 0.05) is 36.5 Å². The second kappa shape index (κ2) is 14.2. The van der Waals surface area contributed by atoms with E-state index in [1.54, 1.807) is 33.1 Å². The van der Waals surface area contributed by atoms with Gasteiger partial charge in [-0.15, -0.1) is 24.0 Å². The summed E-state index contributed by atoms with van der Waals surface area (Å²) in [6.45, 7) is 4.41. The zero-order valence-electron chi connectivity index (χ0n) is 15.7. The van der Waals surface area contributed by atoms with Crippen molar-refractivity contribution in [2.45, 2.75) is 13.3 Å². The third kappa shape index (κ3) is 8.26. The molecule has 0 amide bonds. The molecule has 0 heterocycles. The maximum atomic E-state index is 5.48. The molecule has 0 radical (unpaired) electrons. The molecule has 0 aromatic heterocycles. The van der Waals surface area contributed by atoms with Gasteiger partial charge in [-0.3, -0.25) is 4.99 Å². The van der Waals surface area contributed by atoms with Crippen LogP contribution in [0, 0.1) is 0 Å². The number of benzene rings is 1. The Hall–Kier alpha value is -1.03. The fourth-order valence-corrected chi connectivity index (χ4v) is 2.49. The average Bonchev–Trinajstić information content (AvgIpc) is 2.61. The molecule has 0 aliphatic carbocycles. The Bertz CT molecular complexity index is 505. The van der Waals surface area contributed by atoms with E-state index in [-0.39, 0.29) is 24.0 Å². The molecule has 0 bridgehead atoms. The molecule has 0 spiro atoms. The van der Waals surface area contributed by atoms with Gasteiger partial charge < -0.3 is 24.8 Å². The van der Waals surface area contributed by atoms with Gasteiger partial charge in [-0.05, 0) is 19.6 Å². The first kappa shape index (κ1) is 24.0. The normalized spacial score (nSPS) is 10.7. The zero-order valence-corrected chi connectivity index (χ0v) is 18.8. The Morgan fingerprint density at radius 2 is 1.72 bits per heavy atom. The lowest BCUT2D eigenvalue weighted by Gasteiger charge is -2.16.